The van der Waals surface area contributed by atoms with Gasteiger partial charge in [-0.3, -0.25) is 0 Å². The van der Waals surface area contributed by atoms with Crippen LogP contribution in [0.3, 0.4) is 0 Å². The molecule has 0 atom stereocenters. The molecule has 0 saturated carbocycles. The van der Waals surface area contributed by atoms with E-state index in [1.807, 2.05) is 24.5 Å². The number of aromatic nitrogens is 3. The fraction of sp³-hybridized carbons (Fsp3) is 0.200. The molecule has 0 aliphatic carbocycles. The van der Waals surface area contributed by atoms with Gasteiger partial charge in [0.2, 0.25) is 5.88 Å². The molecule has 0 N–H and O–H groups in total. The molecule has 108 valence electrons. The molecule has 0 unspecified atom stereocenters. The third-order valence-electron chi connectivity index (χ3n) is 3.09. The number of halogens is 2. The highest BCUT2D eigenvalue weighted by Crippen LogP contribution is 2.32. The van der Waals surface area contributed by atoms with E-state index in [1.54, 1.807) is 24.5 Å². The van der Waals surface area contributed by atoms with Gasteiger partial charge >= 0.3 is 0 Å². The third kappa shape index (κ3) is 2.63. The van der Waals surface area contributed by atoms with Crippen LogP contribution in [-0.2, 0) is 0 Å². The number of imidazole rings is 1. The summed E-state index contributed by atoms with van der Waals surface area (Å²) >= 11 is 3.33. The summed E-state index contributed by atoms with van der Waals surface area (Å²) in [6, 6.07) is 8.26. The van der Waals surface area contributed by atoms with Gasteiger partial charge in [0.05, 0.1) is 11.8 Å². The Bertz CT molecular complexity index is 801. The Morgan fingerprint density at radius 3 is 2.76 bits per heavy atom. The zero-order chi connectivity index (χ0) is 15.0. The fourth-order valence-corrected chi connectivity index (χ4v) is 2.47. The molecule has 3 rings (SSSR count). The number of hydrogen-bond donors (Lipinski definition) is 0. The van der Waals surface area contributed by atoms with E-state index in [2.05, 4.69) is 25.9 Å². The quantitative estimate of drug-likeness (QED) is 0.643. The summed E-state index contributed by atoms with van der Waals surface area (Å²) in [5.74, 6) is 0.0413. The summed E-state index contributed by atoms with van der Waals surface area (Å²) in [6.45, 7) is 4.08. The van der Waals surface area contributed by atoms with Gasteiger partial charge in [0, 0.05) is 6.04 Å². The second-order valence-electron chi connectivity index (χ2n) is 4.90. The minimum atomic E-state index is -0.428. The van der Waals surface area contributed by atoms with Crippen molar-refractivity contribution in [2.45, 2.75) is 19.9 Å². The molecule has 0 radical (unpaired) electrons. The second-order valence-corrected chi connectivity index (χ2v) is 5.71. The van der Waals surface area contributed by atoms with Crippen molar-refractivity contribution in [1.29, 1.82) is 0 Å². The van der Waals surface area contributed by atoms with E-state index in [4.69, 9.17) is 4.74 Å². The lowest BCUT2D eigenvalue weighted by molar-refractivity contribution is 0.428. The maximum Gasteiger partial charge on any atom is 0.246 e. The first-order valence-corrected chi connectivity index (χ1v) is 7.31. The molecule has 0 spiro atoms. The molecule has 21 heavy (non-hydrogen) atoms. The predicted octanol–water partition coefficient (Wildman–Crippen LogP) is 4.71. The number of nitrogens with zero attached hydrogens (tertiary/aromatic N) is 3. The zero-order valence-electron chi connectivity index (χ0n) is 11.5. The summed E-state index contributed by atoms with van der Waals surface area (Å²) in [6.07, 6.45) is 1.73. The molecule has 0 fully saturated rings. The Labute approximate surface area is 129 Å². The highest BCUT2D eigenvalue weighted by Gasteiger charge is 2.16. The van der Waals surface area contributed by atoms with Gasteiger partial charge in [-0.05, 0) is 48.0 Å². The molecule has 2 heterocycles. The zero-order valence-corrected chi connectivity index (χ0v) is 13.1. The molecule has 0 amide bonds. The minimum Gasteiger partial charge on any atom is -0.434 e. The molecular formula is C15H13BrFN3O. The van der Waals surface area contributed by atoms with Gasteiger partial charge in [-0.25, -0.2) is 14.4 Å². The van der Waals surface area contributed by atoms with Crippen molar-refractivity contribution in [3.05, 3.63) is 47.1 Å². The molecule has 6 heteroatoms. The van der Waals surface area contributed by atoms with E-state index < -0.39 is 5.82 Å². The second kappa shape index (κ2) is 5.44. The lowest BCUT2D eigenvalue weighted by Gasteiger charge is -2.12. The molecule has 3 aromatic rings. The average molecular weight is 350 g/mol. The number of benzene rings is 1. The number of rotatable bonds is 3. The number of pyridine rings is 1. The molecule has 0 saturated heterocycles. The first kappa shape index (κ1) is 14.0. The maximum atomic E-state index is 13.8. The van der Waals surface area contributed by atoms with Crippen LogP contribution < -0.4 is 4.74 Å². The van der Waals surface area contributed by atoms with Crippen LogP contribution in [0, 0.1) is 5.82 Å². The first-order chi connectivity index (χ1) is 10.1. The van der Waals surface area contributed by atoms with E-state index in [9.17, 15) is 4.39 Å². The van der Waals surface area contributed by atoms with Crippen molar-refractivity contribution in [2.75, 3.05) is 0 Å². The van der Waals surface area contributed by atoms with Crippen LogP contribution in [0.15, 0.2) is 41.3 Å². The average Bonchev–Trinajstić information content (AvgIpc) is 2.85. The smallest absolute Gasteiger partial charge is 0.246 e. The molecule has 4 nitrogen and oxygen atoms in total. The van der Waals surface area contributed by atoms with Crippen LogP contribution in [0.2, 0.25) is 0 Å². The molecular weight excluding hydrogens is 337 g/mol. The van der Waals surface area contributed by atoms with Crippen LogP contribution in [0.4, 0.5) is 4.39 Å². The van der Waals surface area contributed by atoms with Gasteiger partial charge in [0.15, 0.2) is 11.6 Å². The van der Waals surface area contributed by atoms with Crippen LogP contribution in [0.5, 0.6) is 11.6 Å². The van der Waals surface area contributed by atoms with Gasteiger partial charge < -0.3 is 9.30 Å². The standard InChI is InChI=1S/C15H13BrFN3O/c1-9(2)20-8-18-11-7-13(16)19-15(14(11)20)21-12-6-4-3-5-10(12)17/h3-9H,1-2H3. The highest BCUT2D eigenvalue weighted by molar-refractivity contribution is 9.10. The van der Waals surface area contributed by atoms with Crippen molar-refractivity contribution < 1.29 is 9.13 Å². The van der Waals surface area contributed by atoms with Gasteiger partial charge in [-0.15, -0.1) is 0 Å². The molecule has 0 aliphatic heterocycles. The lowest BCUT2D eigenvalue weighted by Crippen LogP contribution is -2.01. The number of hydrogen-bond acceptors (Lipinski definition) is 3. The van der Waals surface area contributed by atoms with E-state index >= 15 is 0 Å². The van der Waals surface area contributed by atoms with Gasteiger partial charge in [0.1, 0.15) is 10.1 Å². The Kier molecular flexibility index (Phi) is 3.63. The van der Waals surface area contributed by atoms with Crippen LogP contribution >= 0.6 is 15.9 Å². The highest BCUT2D eigenvalue weighted by atomic mass is 79.9. The molecule has 0 bridgehead atoms. The van der Waals surface area contributed by atoms with Crippen molar-refractivity contribution >= 4 is 27.0 Å². The summed E-state index contributed by atoms with van der Waals surface area (Å²) in [5, 5.41) is 0. The van der Waals surface area contributed by atoms with E-state index in [0.717, 1.165) is 11.0 Å². The topological polar surface area (TPSA) is 39.9 Å². The van der Waals surface area contributed by atoms with Crippen molar-refractivity contribution in [3.63, 3.8) is 0 Å². The first-order valence-electron chi connectivity index (χ1n) is 6.51. The fourth-order valence-electron chi connectivity index (χ4n) is 2.09. The maximum absolute atomic E-state index is 13.8. The Morgan fingerprint density at radius 2 is 2.05 bits per heavy atom. The van der Waals surface area contributed by atoms with E-state index in [-0.39, 0.29) is 11.8 Å². The van der Waals surface area contributed by atoms with Crippen molar-refractivity contribution in [1.82, 2.24) is 14.5 Å². The third-order valence-corrected chi connectivity index (χ3v) is 3.49. The Balaban J connectivity index is 2.17. The van der Waals surface area contributed by atoms with Crippen molar-refractivity contribution in [3.8, 4) is 11.6 Å². The largest absolute Gasteiger partial charge is 0.434 e. The molecule has 2 aromatic heterocycles. The van der Waals surface area contributed by atoms with Gasteiger partial charge in [-0.2, -0.15) is 0 Å². The van der Waals surface area contributed by atoms with E-state index in [0.29, 0.717) is 10.5 Å². The Morgan fingerprint density at radius 1 is 1.29 bits per heavy atom. The summed E-state index contributed by atoms with van der Waals surface area (Å²) in [5.41, 5.74) is 1.49. The summed E-state index contributed by atoms with van der Waals surface area (Å²) < 4.78 is 22.0. The summed E-state index contributed by atoms with van der Waals surface area (Å²) in [7, 11) is 0. The van der Waals surface area contributed by atoms with E-state index in [1.165, 1.54) is 6.07 Å². The lowest BCUT2D eigenvalue weighted by atomic mass is 10.3. The number of fused-ring (bicyclic) bond motifs is 1. The van der Waals surface area contributed by atoms with Crippen molar-refractivity contribution in [2.24, 2.45) is 0 Å². The van der Waals surface area contributed by atoms with Crippen LogP contribution in [0.1, 0.15) is 19.9 Å². The number of para-hydroxylation sites is 1. The predicted molar refractivity (Wildman–Crippen MR) is 82.1 cm³/mol. The minimum absolute atomic E-state index is 0.140. The molecule has 0 aliphatic rings. The van der Waals surface area contributed by atoms with Crippen LogP contribution in [0.25, 0.3) is 11.0 Å². The van der Waals surface area contributed by atoms with Gasteiger partial charge in [0.25, 0.3) is 0 Å². The number of ether oxygens (including phenoxy) is 1. The Hall–Kier alpha value is -1.95. The summed E-state index contributed by atoms with van der Waals surface area (Å²) in [4.78, 5) is 8.66. The SMILES string of the molecule is CC(C)n1cnc2cc(Br)nc(Oc3ccccc3F)c21. The molecule has 1 aromatic carbocycles. The van der Waals surface area contributed by atoms with Gasteiger partial charge in [-0.1, -0.05) is 12.1 Å². The normalized spacial score (nSPS) is 11.3. The van der Waals surface area contributed by atoms with Crippen LogP contribution in [-0.4, -0.2) is 14.5 Å². The monoisotopic (exact) mass is 349 g/mol.